The molecule has 0 aliphatic heterocycles. The molecule has 0 aromatic heterocycles. The highest BCUT2D eigenvalue weighted by Gasteiger charge is 2.13. The Morgan fingerprint density at radius 1 is 0.931 bits per heavy atom. The van der Waals surface area contributed by atoms with Gasteiger partial charge < -0.3 is 19.7 Å². The molecule has 10 heteroatoms. The van der Waals surface area contributed by atoms with Crippen LogP contribution in [0.1, 0.15) is 10.4 Å². The van der Waals surface area contributed by atoms with Crippen molar-refractivity contribution in [1.29, 1.82) is 0 Å². The van der Waals surface area contributed by atoms with Crippen molar-refractivity contribution in [2.45, 2.75) is 0 Å². The maximum absolute atomic E-state index is 11.9. The number of halogens is 3. The number of hydrogen-bond acceptors (Lipinski definition) is 5. The number of esters is 1. The Morgan fingerprint density at radius 3 is 2.17 bits per heavy atom. The summed E-state index contributed by atoms with van der Waals surface area (Å²) in [6.07, 6.45) is 0. The standard InChI is InChI=1S/C19H17Cl3N2O5/c1-24(2)19(27)11-3-5-12(6-4-11)23-17(25)9-29-18(26)10-28-16-8-14(21)13(20)7-15(16)22/h3-8H,9-10H2,1-2H3,(H,23,25). The third-order valence-corrected chi connectivity index (χ3v) is 4.52. The summed E-state index contributed by atoms with van der Waals surface area (Å²) in [5, 5.41) is 3.21. The summed E-state index contributed by atoms with van der Waals surface area (Å²) >= 11 is 17.6. The molecule has 0 unspecified atom stereocenters. The van der Waals surface area contributed by atoms with Crippen LogP contribution < -0.4 is 10.1 Å². The quantitative estimate of drug-likeness (QED) is 0.501. The first-order chi connectivity index (χ1) is 13.7. The molecular weight excluding hydrogens is 443 g/mol. The van der Waals surface area contributed by atoms with Crippen LogP contribution in [0.3, 0.4) is 0 Å². The fraction of sp³-hybridized carbons (Fsp3) is 0.211. The van der Waals surface area contributed by atoms with Crippen molar-refractivity contribution in [3.05, 3.63) is 57.0 Å². The van der Waals surface area contributed by atoms with Gasteiger partial charge in [0.25, 0.3) is 11.8 Å². The van der Waals surface area contributed by atoms with Crippen LogP contribution in [-0.4, -0.2) is 50.0 Å². The Morgan fingerprint density at radius 2 is 1.55 bits per heavy atom. The average Bonchev–Trinajstić information content (AvgIpc) is 2.68. The van der Waals surface area contributed by atoms with Crippen LogP contribution in [0.4, 0.5) is 5.69 Å². The van der Waals surface area contributed by atoms with E-state index in [1.807, 2.05) is 0 Å². The summed E-state index contributed by atoms with van der Waals surface area (Å²) in [5.74, 6) is -1.31. The molecule has 2 aromatic carbocycles. The van der Waals surface area contributed by atoms with Gasteiger partial charge in [0.05, 0.1) is 15.1 Å². The second-order valence-electron chi connectivity index (χ2n) is 5.97. The van der Waals surface area contributed by atoms with Gasteiger partial charge in [-0.3, -0.25) is 9.59 Å². The Labute approximate surface area is 182 Å². The van der Waals surface area contributed by atoms with E-state index in [1.165, 1.54) is 17.0 Å². The monoisotopic (exact) mass is 458 g/mol. The van der Waals surface area contributed by atoms with E-state index in [-0.39, 0.29) is 26.7 Å². The predicted molar refractivity (Wildman–Crippen MR) is 111 cm³/mol. The highest BCUT2D eigenvalue weighted by molar-refractivity contribution is 6.43. The van der Waals surface area contributed by atoms with E-state index in [4.69, 9.17) is 44.3 Å². The van der Waals surface area contributed by atoms with Crippen molar-refractivity contribution in [3.8, 4) is 5.75 Å². The molecule has 0 radical (unpaired) electrons. The van der Waals surface area contributed by atoms with E-state index in [0.29, 0.717) is 11.3 Å². The topological polar surface area (TPSA) is 84.9 Å². The highest BCUT2D eigenvalue weighted by atomic mass is 35.5. The number of carbonyl (C=O) groups is 3. The summed E-state index contributed by atoms with van der Waals surface area (Å²) in [7, 11) is 3.29. The second kappa shape index (κ2) is 10.3. The number of anilines is 1. The molecule has 1 N–H and O–H groups in total. The van der Waals surface area contributed by atoms with E-state index in [2.05, 4.69) is 5.32 Å². The van der Waals surface area contributed by atoms with Crippen molar-refractivity contribution >= 4 is 58.3 Å². The average molecular weight is 460 g/mol. The molecule has 2 amide bonds. The minimum absolute atomic E-state index is 0.154. The molecule has 0 spiro atoms. The third kappa shape index (κ3) is 6.81. The lowest BCUT2D eigenvalue weighted by atomic mass is 10.2. The fourth-order valence-corrected chi connectivity index (χ4v) is 2.68. The number of benzene rings is 2. The summed E-state index contributed by atoms with van der Waals surface area (Å²) in [6.45, 7) is -0.970. The molecule has 2 rings (SSSR count). The molecule has 29 heavy (non-hydrogen) atoms. The molecule has 0 fully saturated rings. The van der Waals surface area contributed by atoms with Gasteiger partial charge in [-0.1, -0.05) is 34.8 Å². The molecule has 0 atom stereocenters. The number of hydrogen-bond donors (Lipinski definition) is 1. The van der Waals surface area contributed by atoms with E-state index in [1.54, 1.807) is 38.4 Å². The van der Waals surface area contributed by atoms with Gasteiger partial charge in [0.1, 0.15) is 5.75 Å². The molecule has 0 aliphatic carbocycles. The minimum atomic E-state index is -0.769. The van der Waals surface area contributed by atoms with Crippen LogP contribution in [0, 0.1) is 0 Å². The van der Waals surface area contributed by atoms with E-state index >= 15 is 0 Å². The highest BCUT2D eigenvalue weighted by Crippen LogP contribution is 2.33. The second-order valence-corrected chi connectivity index (χ2v) is 7.19. The van der Waals surface area contributed by atoms with Crippen molar-refractivity contribution in [1.82, 2.24) is 4.90 Å². The summed E-state index contributed by atoms with van der Waals surface area (Å²) in [5.41, 5.74) is 0.942. The molecular formula is C19H17Cl3N2O5. The van der Waals surface area contributed by atoms with Crippen LogP contribution in [0.5, 0.6) is 5.75 Å². The largest absolute Gasteiger partial charge is 0.480 e. The Kier molecular flexibility index (Phi) is 8.13. The first-order valence-corrected chi connectivity index (χ1v) is 9.35. The van der Waals surface area contributed by atoms with E-state index < -0.39 is 25.1 Å². The SMILES string of the molecule is CN(C)C(=O)c1ccc(NC(=O)COC(=O)COc2cc(Cl)c(Cl)cc2Cl)cc1. The van der Waals surface area contributed by atoms with Crippen LogP contribution in [0.15, 0.2) is 36.4 Å². The lowest BCUT2D eigenvalue weighted by Gasteiger charge is -2.11. The molecule has 0 aliphatic rings. The molecule has 154 valence electrons. The minimum Gasteiger partial charge on any atom is -0.480 e. The molecule has 0 saturated carbocycles. The summed E-state index contributed by atoms with van der Waals surface area (Å²) in [4.78, 5) is 36.9. The molecule has 0 saturated heterocycles. The van der Waals surface area contributed by atoms with Crippen LogP contribution >= 0.6 is 34.8 Å². The lowest BCUT2D eigenvalue weighted by molar-refractivity contribution is -0.149. The molecule has 0 heterocycles. The van der Waals surface area contributed by atoms with E-state index in [0.717, 1.165) is 0 Å². The van der Waals surface area contributed by atoms with Gasteiger partial charge in [-0.25, -0.2) is 4.79 Å². The molecule has 2 aromatic rings. The molecule has 7 nitrogen and oxygen atoms in total. The number of rotatable bonds is 7. The zero-order valence-corrected chi connectivity index (χ0v) is 17.8. The summed E-state index contributed by atoms with van der Waals surface area (Å²) < 4.78 is 10.1. The van der Waals surface area contributed by atoms with Gasteiger partial charge in [0.15, 0.2) is 13.2 Å². The van der Waals surface area contributed by atoms with Crippen molar-refractivity contribution in [3.63, 3.8) is 0 Å². The van der Waals surface area contributed by atoms with Crippen LogP contribution in [-0.2, 0) is 14.3 Å². The van der Waals surface area contributed by atoms with Crippen LogP contribution in [0.2, 0.25) is 15.1 Å². The van der Waals surface area contributed by atoms with Gasteiger partial charge in [0.2, 0.25) is 0 Å². The van der Waals surface area contributed by atoms with E-state index in [9.17, 15) is 14.4 Å². The molecule has 0 bridgehead atoms. The number of ether oxygens (including phenoxy) is 2. The predicted octanol–water partition coefficient (Wildman–Crippen LogP) is 3.91. The summed E-state index contributed by atoms with van der Waals surface area (Å²) in [6, 6.07) is 9.07. The Bertz CT molecular complexity index is 917. The van der Waals surface area contributed by atoms with Gasteiger partial charge in [-0.05, 0) is 30.3 Å². The normalized spacial score (nSPS) is 10.2. The zero-order valence-electron chi connectivity index (χ0n) is 15.5. The van der Waals surface area contributed by atoms with Crippen molar-refractivity contribution < 1.29 is 23.9 Å². The van der Waals surface area contributed by atoms with Gasteiger partial charge in [-0.2, -0.15) is 0 Å². The Balaban J connectivity index is 1.79. The number of amides is 2. The maximum Gasteiger partial charge on any atom is 0.344 e. The van der Waals surface area contributed by atoms with Gasteiger partial charge in [0, 0.05) is 31.4 Å². The van der Waals surface area contributed by atoms with Crippen molar-refractivity contribution in [2.24, 2.45) is 0 Å². The first-order valence-electron chi connectivity index (χ1n) is 8.22. The zero-order chi connectivity index (χ0) is 21.6. The van der Waals surface area contributed by atoms with Crippen LogP contribution in [0.25, 0.3) is 0 Å². The van der Waals surface area contributed by atoms with Gasteiger partial charge >= 0.3 is 5.97 Å². The van der Waals surface area contributed by atoms with Gasteiger partial charge in [-0.15, -0.1) is 0 Å². The lowest BCUT2D eigenvalue weighted by Crippen LogP contribution is -2.24. The third-order valence-electron chi connectivity index (χ3n) is 3.51. The Hall–Kier alpha value is -2.48. The smallest absolute Gasteiger partial charge is 0.344 e. The fourth-order valence-electron chi connectivity index (χ4n) is 2.09. The number of nitrogens with one attached hydrogen (secondary N) is 1. The number of carbonyl (C=O) groups excluding carboxylic acids is 3. The maximum atomic E-state index is 11.9. The number of nitrogens with zero attached hydrogens (tertiary/aromatic N) is 1. The first kappa shape index (κ1) is 22.8. The van der Waals surface area contributed by atoms with Crippen molar-refractivity contribution in [2.75, 3.05) is 32.6 Å².